The topological polar surface area (TPSA) is 85.5 Å². The van der Waals surface area contributed by atoms with E-state index in [-0.39, 0.29) is 12.5 Å². The summed E-state index contributed by atoms with van der Waals surface area (Å²) in [4.78, 5) is 12.4. The van der Waals surface area contributed by atoms with Gasteiger partial charge in [0.25, 0.3) is 5.91 Å². The van der Waals surface area contributed by atoms with Gasteiger partial charge in [-0.05, 0) is 43.2 Å². The number of carbonyl (C=O) groups is 1. The van der Waals surface area contributed by atoms with Gasteiger partial charge in [0, 0.05) is 11.3 Å². The molecule has 3 aromatic rings. The number of benzene rings is 2. The van der Waals surface area contributed by atoms with Gasteiger partial charge in [-0.2, -0.15) is 5.10 Å². The predicted octanol–water partition coefficient (Wildman–Crippen LogP) is 3.73. The number of aryl methyl sites for hydroxylation is 2. The minimum atomic E-state index is -0.295. The summed E-state index contributed by atoms with van der Waals surface area (Å²) < 4.78 is 16.3. The number of nitrogens with zero attached hydrogens (tertiary/aromatic N) is 1. The first kappa shape index (κ1) is 19.3. The Morgan fingerprint density at radius 2 is 1.79 bits per heavy atom. The Bertz CT molecular complexity index is 982. The number of aromatic amines is 1. The molecule has 2 aromatic carbocycles. The van der Waals surface area contributed by atoms with E-state index in [2.05, 4.69) is 15.5 Å². The van der Waals surface area contributed by atoms with E-state index < -0.39 is 0 Å². The number of para-hydroxylation sites is 1. The molecule has 0 radical (unpaired) electrons. The molecule has 1 heterocycles. The fraction of sp³-hybridized carbons (Fsp3) is 0.238. The molecule has 7 nitrogen and oxygen atoms in total. The lowest BCUT2D eigenvalue weighted by molar-refractivity contribution is -0.118. The van der Waals surface area contributed by atoms with Crippen LogP contribution in [0.1, 0.15) is 11.3 Å². The fourth-order valence-corrected chi connectivity index (χ4v) is 2.89. The van der Waals surface area contributed by atoms with Gasteiger partial charge in [0.05, 0.1) is 14.2 Å². The third-order valence-corrected chi connectivity index (χ3v) is 4.33. The maximum Gasteiger partial charge on any atom is 0.263 e. The van der Waals surface area contributed by atoms with Gasteiger partial charge >= 0.3 is 0 Å². The van der Waals surface area contributed by atoms with E-state index in [4.69, 9.17) is 14.2 Å². The molecule has 0 aliphatic carbocycles. The van der Waals surface area contributed by atoms with Crippen molar-refractivity contribution in [3.05, 3.63) is 53.7 Å². The Hall–Kier alpha value is -3.48. The van der Waals surface area contributed by atoms with Crippen molar-refractivity contribution in [3.8, 4) is 28.4 Å². The Kier molecular flexibility index (Phi) is 5.84. The first-order chi connectivity index (χ1) is 13.5. The van der Waals surface area contributed by atoms with Crippen molar-refractivity contribution in [2.45, 2.75) is 13.8 Å². The monoisotopic (exact) mass is 381 g/mol. The van der Waals surface area contributed by atoms with Crippen LogP contribution in [-0.4, -0.2) is 36.9 Å². The maximum atomic E-state index is 12.4. The van der Waals surface area contributed by atoms with Crippen molar-refractivity contribution >= 4 is 11.7 Å². The van der Waals surface area contributed by atoms with Gasteiger partial charge in [0.2, 0.25) is 0 Å². The number of amides is 1. The smallest absolute Gasteiger partial charge is 0.263 e. The fourth-order valence-electron chi connectivity index (χ4n) is 2.89. The predicted molar refractivity (Wildman–Crippen MR) is 107 cm³/mol. The summed E-state index contributed by atoms with van der Waals surface area (Å²) >= 11 is 0. The minimum Gasteiger partial charge on any atom is -0.493 e. The van der Waals surface area contributed by atoms with Crippen LogP contribution in [0, 0.1) is 13.8 Å². The highest BCUT2D eigenvalue weighted by Gasteiger charge is 2.17. The summed E-state index contributed by atoms with van der Waals surface area (Å²) in [7, 11) is 3.16. The Morgan fingerprint density at radius 3 is 2.50 bits per heavy atom. The van der Waals surface area contributed by atoms with Crippen LogP contribution >= 0.6 is 0 Å². The van der Waals surface area contributed by atoms with E-state index in [1.807, 2.05) is 56.3 Å². The largest absolute Gasteiger partial charge is 0.493 e. The van der Waals surface area contributed by atoms with Gasteiger partial charge in [-0.3, -0.25) is 9.89 Å². The third-order valence-electron chi connectivity index (χ3n) is 4.33. The van der Waals surface area contributed by atoms with Gasteiger partial charge in [0.1, 0.15) is 5.75 Å². The molecule has 7 heteroatoms. The van der Waals surface area contributed by atoms with Crippen molar-refractivity contribution in [2.75, 3.05) is 26.1 Å². The molecule has 28 heavy (non-hydrogen) atoms. The Morgan fingerprint density at radius 1 is 1.04 bits per heavy atom. The SMILES string of the molecule is COc1ccc(-c2c(NC(=O)COc3ccccc3C)n[nH]c2C)cc1OC. The van der Waals surface area contributed by atoms with Crippen molar-refractivity contribution in [1.82, 2.24) is 10.2 Å². The van der Waals surface area contributed by atoms with Crippen LogP contribution in [-0.2, 0) is 4.79 Å². The number of hydrogen-bond donors (Lipinski definition) is 2. The van der Waals surface area contributed by atoms with Crippen molar-refractivity contribution in [3.63, 3.8) is 0 Å². The Balaban J connectivity index is 1.78. The van der Waals surface area contributed by atoms with Crippen LogP contribution in [0.4, 0.5) is 5.82 Å². The molecule has 0 aliphatic rings. The molecule has 3 rings (SSSR count). The summed E-state index contributed by atoms with van der Waals surface area (Å²) in [5, 5.41) is 9.94. The van der Waals surface area contributed by atoms with Gasteiger partial charge < -0.3 is 19.5 Å². The highest BCUT2D eigenvalue weighted by molar-refractivity contribution is 5.95. The zero-order chi connectivity index (χ0) is 20.1. The molecule has 0 spiro atoms. The number of anilines is 1. The molecule has 0 atom stereocenters. The standard InChI is InChI=1S/C21H23N3O4/c1-13-7-5-6-8-16(13)28-12-19(25)22-21-20(14(2)23-24-21)15-9-10-17(26-3)18(11-15)27-4/h5-11H,12H2,1-4H3,(H2,22,23,24,25). The lowest BCUT2D eigenvalue weighted by Gasteiger charge is -2.11. The third kappa shape index (κ3) is 4.09. The average molecular weight is 381 g/mol. The number of methoxy groups -OCH3 is 2. The van der Waals surface area contributed by atoms with Crippen molar-refractivity contribution in [2.24, 2.45) is 0 Å². The average Bonchev–Trinajstić information content (AvgIpc) is 3.06. The molecular formula is C21H23N3O4. The lowest BCUT2D eigenvalue weighted by atomic mass is 10.0. The lowest BCUT2D eigenvalue weighted by Crippen LogP contribution is -2.21. The van der Waals surface area contributed by atoms with Gasteiger partial charge in [-0.25, -0.2) is 0 Å². The van der Waals surface area contributed by atoms with E-state index in [1.54, 1.807) is 14.2 Å². The van der Waals surface area contributed by atoms with E-state index >= 15 is 0 Å². The molecule has 0 saturated heterocycles. The molecule has 0 bridgehead atoms. The molecule has 0 unspecified atom stereocenters. The van der Waals surface area contributed by atoms with Crippen LogP contribution in [0.5, 0.6) is 17.2 Å². The number of H-pyrrole nitrogens is 1. The van der Waals surface area contributed by atoms with Gasteiger partial charge in [-0.1, -0.05) is 24.3 Å². The molecule has 1 aromatic heterocycles. The van der Waals surface area contributed by atoms with E-state index in [1.165, 1.54) is 0 Å². The second-order valence-electron chi connectivity index (χ2n) is 6.24. The highest BCUT2D eigenvalue weighted by Crippen LogP contribution is 2.36. The number of hydrogen-bond acceptors (Lipinski definition) is 5. The van der Waals surface area contributed by atoms with Crippen molar-refractivity contribution in [1.29, 1.82) is 0 Å². The van der Waals surface area contributed by atoms with Crippen LogP contribution in [0.25, 0.3) is 11.1 Å². The number of nitrogens with one attached hydrogen (secondary N) is 2. The molecular weight excluding hydrogens is 358 g/mol. The first-order valence-electron chi connectivity index (χ1n) is 8.79. The minimum absolute atomic E-state index is 0.109. The molecule has 1 amide bonds. The summed E-state index contributed by atoms with van der Waals surface area (Å²) in [6.07, 6.45) is 0. The number of rotatable bonds is 7. The van der Waals surface area contributed by atoms with Gasteiger partial charge in [0.15, 0.2) is 23.9 Å². The normalized spacial score (nSPS) is 10.4. The molecule has 0 fully saturated rings. The molecule has 146 valence electrons. The maximum absolute atomic E-state index is 12.4. The summed E-state index contributed by atoms with van der Waals surface area (Å²) in [6.45, 7) is 3.71. The van der Waals surface area contributed by atoms with E-state index in [0.717, 1.165) is 22.4 Å². The first-order valence-corrected chi connectivity index (χ1v) is 8.79. The van der Waals surface area contributed by atoms with Crippen molar-refractivity contribution < 1.29 is 19.0 Å². The number of carbonyl (C=O) groups excluding carboxylic acids is 1. The molecule has 0 saturated carbocycles. The van der Waals surface area contributed by atoms with E-state index in [9.17, 15) is 4.79 Å². The Labute approximate surface area is 163 Å². The summed E-state index contributed by atoms with van der Waals surface area (Å²) in [6, 6.07) is 13.1. The van der Waals surface area contributed by atoms with E-state index in [0.29, 0.717) is 23.1 Å². The van der Waals surface area contributed by atoms with Crippen LogP contribution in [0.3, 0.4) is 0 Å². The van der Waals surface area contributed by atoms with Crippen LogP contribution in [0.2, 0.25) is 0 Å². The van der Waals surface area contributed by atoms with Crippen LogP contribution in [0.15, 0.2) is 42.5 Å². The second kappa shape index (κ2) is 8.47. The zero-order valence-corrected chi connectivity index (χ0v) is 16.3. The zero-order valence-electron chi connectivity index (χ0n) is 16.3. The molecule has 0 aliphatic heterocycles. The number of aromatic nitrogens is 2. The quantitative estimate of drug-likeness (QED) is 0.651. The second-order valence-corrected chi connectivity index (χ2v) is 6.24. The van der Waals surface area contributed by atoms with Gasteiger partial charge in [-0.15, -0.1) is 0 Å². The highest BCUT2D eigenvalue weighted by atomic mass is 16.5. The number of ether oxygens (including phenoxy) is 3. The molecule has 2 N–H and O–H groups in total. The van der Waals surface area contributed by atoms with Crippen LogP contribution < -0.4 is 19.5 Å². The summed E-state index contributed by atoms with van der Waals surface area (Å²) in [5.41, 5.74) is 3.42. The summed E-state index contributed by atoms with van der Waals surface area (Å²) in [5.74, 6) is 2.04.